The highest BCUT2D eigenvalue weighted by Crippen LogP contribution is 2.21. The van der Waals surface area contributed by atoms with Crippen LogP contribution in [0.15, 0.2) is 0 Å². The summed E-state index contributed by atoms with van der Waals surface area (Å²) in [4.78, 5) is 14.7. The molecule has 0 atom stereocenters. The average Bonchev–Trinajstić information content (AvgIpc) is 3.13. The summed E-state index contributed by atoms with van der Waals surface area (Å²) in [5.74, 6) is 0.712. The number of carbonyl (C=O) groups is 1. The lowest BCUT2D eigenvalue weighted by atomic mass is 9.93. The first kappa shape index (κ1) is 50.4. The Morgan fingerprint density at radius 1 is 0.471 bits per heavy atom. The first-order valence-electron chi connectivity index (χ1n) is 23.2. The second-order valence-electron chi connectivity index (χ2n) is 16.0. The van der Waals surface area contributed by atoms with Gasteiger partial charge in [0.05, 0.1) is 19.3 Å². The second-order valence-corrected chi connectivity index (χ2v) is 16.0. The quantitative estimate of drug-likeness (QED) is 0.0501. The fraction of sp³-hybridized carbons (Fsp3) is 0.978. The van der Waals surface area contributed by atoms with Crippen LogP contribution in [0.25, 0.3) is 0 Å². The van der Waals surface area contributed by atoms with E-state index in [-0.39, 0.29) is 12.6 Å². The van der Waals surface area contributed by atoms with E-state index in [0.717, 1.165) is 51.4 Å². The SMILES string of the molecule is CCCCCCCCC(CCCCCCCC)OCCCCCCCCN(CCO)CCCCCCCC(=O)OCCC(CCCC)CCCC. The van der Waals surface area contributed by atoms with Gasteiger partial charge in [-0.1, -0.05) is 188 Å². The molecule has 51 heavy (non-hydrogen) atoms. The molecule has 0 aromatic heterocycles. The summed E-state index contributed by atoms with van der Waals surface area (Å²) in [5, 5.41) is 9.58. The average molecular weight is 724 g/mol. The molecule has 0 fully saturated rings. The molecule has 0 amide bonds. The Balaban J connectivity index is 3.93. The topological polar surface area (TPSA) is 59.0 Å². The van der Waals surface area contributed by atoms with E-state index in [1.54, 1.807) is 0 Å². The minimum absolute atomic E-state index is 0.00608. The van der Waals surface area contributed by atoms with Crippen molar-refractivity contribution in [3.63, 3.8) is 0 Å². The maximum absolute atomic E-state index is 12.2. The van der Waals surface area contributed by atoms with Crippen LogP contribution < -0.4 is 0 Å². The van der Waals surface area contributed by atoms with Crippen molar-refractivity contribution in [1.82, 2.24) is 4.90 Å². The number of rotatable bonds is 43. The Kier molecular flexibility index (Phi) is 41.6. The Morgan fingerprint density at radius 2 is 0.922 bits per heavy atom. The maximum Gasteiger partial charge on any atom is 0.305 e. The summed E-state index contributed by atoms with van der Waals surface area (Å²) in [7, 11) is 0. The van der Waals surface area contributed by atoms with E-state index in [9.17, 15) is 9.90 Å². The van der Waals surface area contributed by atoms with E-state index in [4.69, 9.17) is 9.47 Å². The van der Waals surface area contributed by atoms with Gasteiger partial charge < -0.3 is 19.5 Å². The number of nitrogens with zero attached hydrogens (tertiary/aromatic N) is 1. The summed E-state index contributed by atoms with van der Waals surface area (Å²) in [6.07, 6.45) is 42.0. The van der Waals surface area contributed by atoms with Gasteiger partial charge in [-0.2, -0.15) is 0 Å². The van der Waals surface area contributed by atoms with Crippen LogP contribution in [0.5, 0.6) is 0 Å². The van der Waals surface area contributed by atoms with Gasteiger partial charge in [0.25, 0.3) is 0 Å². The molecule has 0 unspecified atom stereocenters. The van der Waals surface area contributed by atoms with Crippen molar-refractivity contribution >= 4 is 5.97 Å². The van der Waals surface area contributed by atoms with Crippen molar-refractivity contribution in [3.8, 4) is 0 Å². The van der Waals surface area contributed by atoms with Gasteiger partial charge in [-0.15, -0.1) is 0 Å². The molecule has 0 aromatic carbocycles. The summed E-state index contributed by atoms with van der Waals surface area (Å²) >= 11 is 0. The van der Waals surface area contributed by atoms with Crippen LogP contribution in [0, 0.1) is 5.92 Å². The number of carbonyl (C=O) groups excluding carboxylic acids is 1. The van der Waals surface area contributed by atoms with Crippen molar-refractivity contribution in [3.05, 3.63) is 0 Å². The third kappa shape index (κ3) is 37.5. The molecule has 306 valence electrons. The first-order valence-corrected chi connectivity index (χ1v) is 23.2. The van der Waals surface area contributed by atoms with Gasteiger partial charge in [-0.3, -0.25) is 4.79 Å². The van der Waals surface area contributed by atoms with Crippen LogP contribution in [0.4, 0.5) is 0 Å². The highest BCUT2D eigenvalue weighted by atomic mass is 16.5. The number of esters is 1. The van der Waals surface area contributed by atoms with Crippen molar-refractivity contribution in [2.24, 2.45) is 5.92 Å². The van der Waals surface area contributed by atoms with Gasteiger partial charge in [-0.25, -0.2) is 0 Å². The van der Waals surface area contributed by atoms with Gasteiger partial charge in [0.15, 0.2) is 0 Å². The predicted molar refractivity (Wildman–Crippen MR) is 223 cm³/mol. The zero-order valence-electron chi connectivity index (χ0n) is 35.4. The molecule has 0 rings (SSSR count). The smallest absolute Gasteiger partial charge is 0.305 e. The van der Waals surface area contributed by atoms with Crippen LogP contribution in [0.3, 0.4) is 0 Å². The monoisotopic (exact) mass is 724 g/mol. The molecule has 5 nitrogen and oxygen atoms in total. The molecule has 0 radical (unpaired) electrons. The predicted octanol–water partition coefficient (Wildman–Crippen LogP) is 13.8. The Bertz CT molecular complexity index is 650. The molecule has 0 aromatic rings. The molecule has 0 aliphatic carbocycles. The van der Waals surface area contributed by atoms with Crippen LogP contribution >= 0.6 is 0 Å². The summed E-state index contributed by atoms with van der Waals surface area (Å²) < 4.78 is 12.0. The van der Waals surface area contributed by atoms with Crippen LogP contribution in [-0.4, -0.2) is 61.5 Å². The highest BCUT2D eigenvalue weighted by molar-refractivity contribution is 5.69. The Labute approximate surface area is 320 Å². The molecule has 0 aliphatic rings. The molecule has 0 bridgehead atoms. The third-order valence-electron chi connectivity index (χ3n) is 11.0. The summed E-state index contributed by atoms with van der Waals surface area (Å²) in [6.45, 7) is 13.9. The zero-order valence-corrected chi connectivity index (χ0v) is 35.4. The van der Waals surface area contributed by atoms with E-state index in [1.165, 1.54) is 186 Å². The van der Waals surface area contributed by atoms with Gasteiger partial charge in [0.2, 0.25) is 0 Å². The van der Waals surface area contributed by atoms with Gasteiger partial charge in [-0.05, 0) is 64.0 Å². The van der Waals surface area contributed by atoms with Crippen LogP contribution in [-0.2, 0) is 14.3 Å². The number of hydrogen-bond donors (Lipinski definition) is 1. The molecule has 0 heterocycles. The van der Waals surface area contributed by atoms with Gasteiger partial charge >= 0.3 is 5.97 Å². The lowest BCUT2D eigenvalue weighted by Crippen LogP contribution is -2.29. The van der Waals surface area contributed by atoms with Crippen molar-refractivity contribution in [2.75, 3.05) is 39.5 Å². The van der Waals surface area contributed by atoms with Gasteiger partial charge in [0.1, 0.15) is 0 Å². The van der Waals surface area contributed by atoms with Gasteiger partial charge in [0, 0.05) is 19.6 Å². The number of hydrogen-bond acceptors (Lipinski definition) is 5. The molecule has 0 saturated carbocycles. The standard InChI is InChI=1S/C46H93NO4/c1-5-9-13-15-20-26-34-45(35-27-21-16-14-10-6-2)50-42-31-25-18-17-23-29-38-47(40-41-48)39-30-24-19-22-28-36-46(49)51-43-37-44(32-11-7-3)33-12-8-4/h44-45,48H,5-43H2,1-4H3. The molecule has 0 saturated heterocycles. The normalized spacial score (nSPS) is 11.8. The van der Waals surface area contributed by atoms with Crippen LogP contribution in [0.1, 0.15) is 240 Å². The molecule has 0 spiro atoms. The van der Waals surface area contributed by atoms with E-state index in [0.29, 0.717) is 19.1 Å². The van der Waals surface area contributed by atoms with Crippen molar-refractivity contribution in [2.45, 2.75) is 246 Å². The number of aliphatic hydroxyl groups is 1. The van der Waals surface area contributed by atoms with E-state index < -0.39 is 0 Å². The lowest BCUT2D eigenvalue weighted by Gasteiger charge is -2.21. The first-order chi connectivity index (χ1) is 25.1. The fourth-order valence-corrected chi connectivity index (χ4v) is 7.45. The fourth-order valence-electron chi connectivity index (χ4n) is 7.45. The zero-order chi connectivity index (χ0) is 37.3. The minimum Gasteiger partial charge on any atom is -0.466 e. The number of aliphatic hydroxyl groups excluding tert-OH is 1. The maximum atomic E-state index is 12.2. The van der Waals surface area contributed by atoms with E-state index >= 15 is 0 Å². The number of unbranched alkanes of at least 4 members (excludes halogenated alkanes) is 21. The van der Waals surface area contributed by atoms with E-state index in [1.807, 2.05) is 0 Å². The lowest BCUT2D eigenvalue weighted by molar-refractivity contribution is -0.144. The van der Waals surface area contributed by atoms with Crippen molar-refractivity contribution in [1.29, 1.82) is 0 Å². The largest absolute Gasteiger partial charge is 0.466 e. The van der Waals surface area contributed by atoms with E-state index in [2.05, 4.69) is 32.6 Å². The Morgan fingerprint density at radius 3 is 1.43 bits per heavy atom. The Hall–Kier alpha value is -0.650. The molecular weight excluding hydrogens is 631 g/mol. The third-order valence-corrected chi connectivity index (χ3v) is 11.0. The van der Waals surface area contributed by atoms with Crippen molar-refractivity contribution < 1.29 is 19.4 Å². The molecule has 1 N–H and O–H groups in total. The highest BCUT2D eigenvalue weighted by Gasteiger charge is 2.11. The molecule has 0 aliphatic heterocycles. The molecular formula is C46H93NO4. The minimum atomic E-state index is -0.00608. The van der Waals surface area contributed by atoms with Crippen LogP contribution in [0.2, 0.25) is 0 Å². The molecule has 5 heteroatoms. The second kappa shape index (κ2) is 42.1. The summed E-state index contributed by atoms with van der Waals surface area (Å²) in [6, 6.07) is 0. The summed E-state index contributed by atoms with van der Waals surface area (Å²) in [5.41, 5.74) is 0. The number of ether oxygens (including phenoxy) is 2.